The average Bonchev–Trinajstić information content (AvgIpc) is 2.69. The van der Waals surface area contributed by atoms with Gasteiger partial charge in [-0.05, 0) is 30.3 Å². The van der Waals surface area contributed by atoms with Crippen LogP contribution in [0.25, 0.3) is 0 Å². The summed E-state index contributed by atoms with van der Waals surface area (Å²) in [5, 5.41) is 0. The zero-order valence-corrected chi connectivity index (χ0v) is 17.5. The van der Waals surface area contributed by atoms with Crippen LogP contribution in [-0.2, 0) is 14.8 Å². The van der Waals surface area contributed by atoms with Crippen LogP contribution in [0.2, 0.25) is 0 Å². The molecule has 1 aliphatic rings. The molecule has 2 aromatic carbocycles. The van der Waals surface area contributed by atoms with Gasteiger partial charge in [0.15, 0.2) is 11.6 Å². The summed E-state index contributed by atoms with van der Waals surface area (Å²) in [6.07, 6.45) is 0.104. The molecule has 0 bridgehead atoms. The first-order valence-corrected chi connectivity index (χ1v) is 11.0. The lowest BCUT2D eigenvalue weighted by atomic mass is 10.3. The Labute approximate surface area is 172 Å². The first-order chi connectivity index (χ1) is 13.4. The van der Waals surface area contributed by atoms with E-state index in [1.807, 2.05) is 0 Å². The third-order valence-corrected chi connectivity index (χ3v) is 6.82. The van der Waals surface area contributed by atoms with Crippen molar-refractivity contribution in [1.82, 2.24) is 9.21 Å². The van der Waals surface area contributed by atoms with E-state index in [0.717, 1.165) is 0 Å². The molecule has 0 aliphatic carbocycles. The van der Waals surface area contributed by atoms with Crippen molar-refractivity contribution in [3.63, 3.8) is 0 Å². The number of carbonyl (C=O) groups is 1. The molecule has 1 fully saturated rings. The predicted octanol–water partition coefficient (Wildman–Crippen LogP) is 2.89. The van der Waals surface area contributed by atoms with E-state index < -0.39 is 15.8 Å². The minimum atomic E-state index is -3.59. The Bertz CT molecular complexity index is 946. The molecule has 150 valence electrons. The highest BCUT2D eigenvalue weighted by atomic mass is 79.9. The molecule has 1 aliphatic heterocycles. The average molecular weight is 471 g/mol. The number of halogens is 2. The molecule has 1 heterocycles. The van der Waals surface area contributed by atoms with Crippen LogP contribution in [0.1, 0.15) is 6.42 Å². The van der Waals surface area contributed by atoms with E-state index in [2.05, 4.69) is 15.9 Å². The second-order valence-corrected chi connectivity index (χ2v) is 9.12. The molecule has 0 N–H and O–H groups in total. The smallest absolute Gasteiger partial charge is 0.243 e. The Morgan fingerprint density at radius 3 is 2.46 bits per heavy atom. The second kappa shape index (κ2) is 9.02. The first-order valence-electron chi connectivity index (χ1n) is 8.79. The molecule has 2 aromatic rings. The van der Waals surface area contributed by atoms with E-state index in [1.165, 1.54) is 16.4 Å². The number of nitrogens with zero attached hydrogens (tertiary/aromatic N) is 2. The van der Waals surface area contributed by atoms with Gasteiger partial charge in [0.05, 0.1) is 17.9 Å². The SMILES string of the molecule is O=C(CCOc1ccccc1F)N1CCN(S(=O)(=O)c2cccc(Br)c2)CC1. The highest BCUT2D eigenvalue weighted by Gasteiger charge is 2.30. The van der Waals surface area contributed by atoms with E-state index in [0.29, 0.717) is 17.6 Å². The predicted molar refractivity (Wildman–Crippen MR) is 106 cm³/mol. The largest absolute Gasteiger partial charge is 0.490 e. The second-order valence-electron chi connectivity index (χ2n) is 6.27. The summed E-state index contributed by atoms with van der Waals surface area (Å²) in [6.45, 7) is 1.15. The van der Waals surface area contributed by atoms with Crippen molar-refractivity contribution in [2.24, 2.45) is 0 Å². The maximum absolute atomic E-state index is 13.5. The van der Waals surface area contributed by atoms with Crippen LogP contribution in [0.3, 0.4) is 0 Å². The molecule has 1 saturated heterocycles. The van der Waals surface area contributed by atoms with Crippen molar-refractivity contribution in [2.45, 2.75) is 11.3 Å². The molecule has 28 heavy (non-hydrogen) atoms. The van der Waals surface area contributed by atoms with Gasteiger partial charge in [-0.2, -0.15) is 4.31 Å². The van der Waals surface area contributed by atoms with E-state index in [9.17, 15) is 17.6 Å². The lowest BCUT2D eigenvalue weighted by Crippen LogP contribution is -2.50. The Morgan fingerprint density at radius 1 is 1.07 bits per heavy atom. The quantitative estimate of drug-likeness (QED) is 0.650. The van der Waals surface area contributed by atoms with E-state index in [4.69, 9.17) is 4.74 Å². The van der Waals surface area contributed by atoms with Crippen molar-refractivity contribution < 1.29 is 22.3 Å². The van der Waals surface area contributed by atoms with Crippen LogP contribution in [0, 0.1) is 5.82 Å². The van der Waals surface area contributed by atoms with Crippen molar-refractivity contribution >= 4 is 31.9 Å². The Kier molecular flexibility index (Phi) is 6.69. The van der Waals surface area contributed by atoms with Crippen molar-refractivity contribution in [3.05, 3.63) is 58.8 Å². The monoisotopic (exact) mass is 470 g/mol. The van der Waals surface area contributed by atoms with Gasteiger partial charge in [-0.1, -0.05) is 34.1 Å². The number of piperazine rings is 1. The summed E-state index contributed by atoms with van der Waals surface area (Å²) in [4.78, 5) is 14.2. The number of rotatable bonds is 6. The molecular weight excluding hydrogens is 451 g/mol. The summed E-state index contributed by atoms with van der Waals surface area (Å²) < 4.78 is 46.3. The van der Waals surface area contributed by atoms with Gasteiger partial charge in [0.1, 0.15) is 0 Å². The number of hydrogen-bond acceptors (Lipinski definition) is 4. The number of amides is 1. The van der Waals surface area contributed by atoms with Gasteiger partial charge in [0.2, 0.25) is 15.9 Å². The van der Waals surface area contributed by atoms with Gasteiger partial charge in [0, 0.05) is 30.7 Å². The maximum atomic E-state index is 13.5. The molecule has 0 atom stereocenters. The topological polar surface area (TPSA) is 66.9 Å². The summed E-state index contributed by atoms with van der Waals surface area (Å²) >= 11 is 3.28. The fraction of sp³-hybridized carbons (Fsp3) is 0.316. The van der Waals surface area contributed by atoms with Crippen LogP contribution in [0.15, 0.2) is 57.9 Å². The Balaban J connectivity index is 1.50. The highest BCUT2D eigenvalue weighted by molar-refractivity contribution is 9.10. The minimum Gasteiger partial charge on any atom is -0.490 e. The van der Waals surface area contributed by atoms with Crippen molar-refractivity contribution in [1.29, 1.82) is 0 Å². The zero-order chi connectivity index (χ0) is 20.1. The van der Waals surface area contributed by atoms with Crippen LogP contribution in [-0.4, -0.2) is 56.3 Å². The molecule has 9 heteroatoms. The molecule has 0 unspecified atom stereocenters. The van der Waals surface area contributed by atoms with Gasteiger partial charge in [-0.25, -0.2) is 12.8 Å². The van der Waals surface area contributed by atoms with E-state index in [1.54, 1.807) is 41.3 Å². The summed E-state index contributed by atoms with van der Waals surface area (Å²) in [6, 6.07) is 12.6. The van der Waals surface area contributed by atoms with Crippen molar-refractivity contribution in [3.8, 4) is 5.75 Å². The number of para-hydroxylation sites is 1. The standard InChI is InChI=1S/C19H20BrFN2O4S/c20-15-4-3-5-16(14-15)28(25,26)23-11-9-22(10-12-23)19(24)8-13-27-18-7-2-1-6-17(18)21/h1-7,14H,8-13H2. The fourth-order valence-electron chi connectivity index (χ4n) is 2.92. The van der Waals surface area contributed by atoms with E-state index >= 15 is 0 Å². The highest BCUT2D eigenvalue weighted by Crippen LogP contribution is 2.21. The Morgan fingerprint density at radius 2 is 1.79 bits per heavy atom. The molecule has 0 radical (unpaired) electrons. The lowest BCUT2D eigenvalue weighted by molar-refractivity contribution is -0.132. The van der Waals surface area contributed by atoms with Gasteiger partial charge in [0.25, 0.3) is 0 Å². The first kappa shape index (κ1) is 20.8. The van der Waals surface area contributed by atoms with Crippen LogP contribution >= 0.6 is 15.9 Å². The molecule has 0 saturated carbocycles. The maximum Gasteiger partial charge on any atom is 0.243 e. The van der Waals surface area contributed by atoms with Crippen molar-refractivity contribution in [2.75, 3.05) is 32.8 Å². The number of sulfonamides is 1. The van der Waals surface area contributed by atoms with Crippen LogP contribution in [0.4, 0.5) is 4.39 Å². The number of carbonyl (C=O) groups excluding carboxylic acids is 1. The van der Waals surface area contributed by atoms with Gasteiger partial charge < -0.3 is 9.64 Å². The number of hydrogen-bond donors (Lipinski definition) is 0. The molecule has 6 nitrogen and oxygen atoms in total. The van der Waals surface area contributed by atoms with Gasteiger partial charge in [-0.15, -0.1) is 0 Å². The number of ether oxygens (including phenoxy) is 1. The Hall–Kier alpha value is -1.97. The number of benzene rings is 2. The van der Waals surface area contributed by atoms with Crippen LogP contribution in [0.5, 0.6) is 5.75 Å². The summed E-state index contributed by atoms with van der Waals surface area (Å²) in [7, 11) is -3.59. The van der Waals surface area contributed by atoms with E-state index in [-0.39, 0.29) is 42.7 Å². The molecular formula is C19H20BrFN2O4S. The molecule has 3 rings (SSSR count). The van der Waals surface area contributed by atoms with Crippen LogP contribution < -0.4 is 4.74 Å². The molecule has 0 spiro atoms. The van der Waals surface area contributed by atoms with Gasteiger partial charge >= 0.3 is 0 Å². The summed E-state index contributed by atoms with van der Waals surface area (Å²) in [5.74, 6) is -0.502. The third kappa shape index (κ3) is 4.89. The lowest BCUT2D eigenvalue weighted by Gasteiger charge is -2.34. The fourth-order valence-corrected chi connectivity index (χ4v) is 4.94. The summed E-state index contributed by atoms with van der Waals surface area (Å²) in [5.41, 5.74) is 0. The zero-order valence-electron chi connectivity index (χ0n) is 15.1. The van der Waals surface area contributed by atoms with Gasteiger partial charge in [-0.3, -0.25) is 4.79 Å². The normalized spacial score (nSPS) is 15.4. The third-order valence-electron chi connectivity index (χ3n) is 4.44. The minimum absolute atomic E-state index is 0.0658. The molecule has 0 aromatic heterocycles. The molecule has 1 amide bonds.